The van der Waals surface area contributed by atoms with E-state index < -0.39 is 0 Å². The Bertz CT molecular complexity index is 462. The van der Waals surface area contributed by atoms with Crippen molar-refractivity contribution in [2.45, 2.75) is 11.3 Å². The van der Waals surface area contributed by atoms with Gasteiger partial charge in [-0.1, -0.05) is 12.1 Å². The monoisotopic (exact) mass is 264 g/mol. The van der Waals surface area contributed by atoms with Crippen LogP contribution in [0.1, 0.15) is 16.8 Å². The van der Waals surface area contributed by atoms with E-state index in [1.807, 2.05) is 30.5 Å². The van der Waals surface area contributed by atoms with Gasteiger partial charge in [0.15, 0.2) is 0 Å². The molecule has 0 aliphatic carbocycles. The van der Waals surface area contributed by atoms with Crippen LogP contribution in [0.15, 0.2) is 29.2 Å². The SMILES string of the molecule is CSc1ccccc1C(=O)N1CCNC(=O)CC1. The van der Waals surface area contributed by atoms with Gasteiger partial charge in [-0.2, -0.15) is 0 Å². The van der Waals surface area contributed by atoms with Gasteiger partial charge in [-0.15, -0.1) is 11.8 Å². The van der Waals surface area contributed by atoms with Crippen LogP contribution in [0.25, 0.3) is 0 Å². The molecule has 1 saturated heterocycles. The van der Waals surface area contributed by atoms with E-state index in [4.69, 9.17) is 0 Å². The van der Waals surface area contributed by atoms with Crippen LogP contribution in [-0.2, 0) is 4.79 Å². The van der Waals surface area contributed by atoms with Crippen molar-refractivity contribution in [2.75, 3.05) is 25.9 Å². The number of benzene rings is 1. The second kappa shape index (κ2) is 5.91. The molecule has 0 spiro atoms. The lowest BCUT2D eigenvalue weighted by Crippen LogP contribution is -2.34. The first-order valence-corrected chi connectivity index (χ1v) is 7.14. The maximum atomic E-state index is 12.4. The molecule has 1 aliphatic heterocycles. The third-order valence-electron chi connectivity index (χ3n) is 2.94. The number of thioether (sulfide) groups is 1. The van der Waals surface area contributed by atoms with Crippen molar-refractivity contribution in [3.8, 4) is 0 Å². The topological polar surface area (TPSA) is 49.4 Å². The van der Waals surface area contributed by atoms with Crippen LogP contribution in [0.2, 0.25) is 0 Å². The van der Waals surface area contributed by atoms with Gasteiger partial charge in [-0.05, 0) is 18.4 Å². The van der Waals surface area contributed by atoms with E-state index in [2.05, 4.69) is 5.32 Å². The predicted octanol–water partition coefficient (Wildman–Crippen LogP) is 1.37. The Labute approximate surface area is 111 Å². The summed E-state index contributed by atoms with van der Waals surface area (Å²) in [4.78, 5) is 26.4. The molecule has 1 N–H and O–H groups in total. The molecule has 1 aromatic carbocycles. The average molecular weight is 264 g/mol. The van der Waals surface area contributed by atoms with E-state index in [1.165, 1.54) is 0 Å². The molecule has 0 saturated carbocycles. The Morgan fingerprint density at radius 3 is 2.89 bits per heavy atom. The fourth-order valence-corrected chi connectivity index (χ4v) is 2.55. The molecule has 0 aromatic heterocycles. The molecule has 0 atom stereocenters. The number of nitrogens with zero attached hydrogens (tertiary/aromatic N) is 1. The predicted molar refractivity (Wildman–Crippen MR) is 71.8 cm³/mol. The van der Waals surface area contributed by atoms with Crippen LogP contribution < -0.4 is 5.32 Å². The zero-order valence-corrected chi connectivity index (χ0v) is 11.1. The van der Waals surface area contributed by atoms with Gasteiger partial charge in [0, 0.05) is 31.0 Å². The van der Waals surface area contributed by atoms with Gasteiger partial charge < -0.3 is 10.2 Å². The number of carbonyl (C=O) groups excluding carboxylic acids is 2. The molecule has 0 unspecified atom stereocenters. The lowest BCUT2D eigenvalue weighted by atomic mass is 10.2. The van der Waals surface area contributed by atoms with Gasteiger partial charge in [-0.25, -0.2) is 0 Å². The minimum Gasteiger partial charge on any atom is -0.354 e. The lowest BCUT2D eigenvalue weighted by molar-refractivity contribution is -0.120. The zero-order chi connectivity index (χ0) is 13.0. The number of amides is 2. The number of hydrogen-bond donors (Lipinski definition) is 1. The fourth-order valence-electron chi connectivity index (χ4n) is 1.96. The maximum Gasteiger partial charge on any atom is 0.255 e. The normalized spacial score (nSPS) is 16.1. The Morgan fingerprint density at radius 1 is 1.33 bits per heavy atom. The number of carbonyl (C=O) groups is 2. The fraction of sp³-hybridized carbons (Fsp3) is 0.385. The molecule has 1 aliphatic rings. The van der Waals surface area contributed by atoms with Gasteiger partial charge in [0.25, 0.3) is 5.91 Å². The lowest BCUT2D eigenvalue weighted by Gasteiger charge is -2.20. The summed E-state index contributed by atoms with van der Waals surface area (Å²) in [5.74, 6) is 0.0277. The molecule has 2 amide bonds. The highest BCUT2D eigenvalue weighted by atomic mass is 32.2. The van der Waals surface area contributed by atoms with Crippen LogP contribution >= 0.6 is 11.8 Å². The van der Waals surface area contributed by atoms with Gasteiger partial charge in [-0.3, -0.25) is 9.59 Å². The molecule has 1 fully saturated rings. The standard InChI is InChI=1S/C13H16N2O2S/c1-18-11-5-3-2-4-10(11)13(17)15-8-6-12(16)14-7-9-15/h2-5H,6-9H2,1H3,(H,14,16). The molecular formula is C13H16N2O2S. The summed E-state index contributed by atoms with van der Waals surface area (Å²) in [6.45, 7) is 1.60. The van der Waals surface area contributed by atoms with Crippen molar-refractivity contribution in [3.05, 3.63) is 29.8 Å². The highest BCUT2D eigenvalue weighted by molar-refractivity contribution is 7.98. The van der Waals surface area contributed by atoms with Crippen LogP contribution in [0.4, 0.5) is 0 Å². The second-order valence-electron chi connectivity index (χ2n) is 4.09. The van der Waals surface area contributed by atoms with Crippen molar-refractivity contribution >= 4 is 23.6 Å². The quantitative estimate of drug-likeness (QED) is 0.821. The molecule has 2 rings (SSSR count). The number of hydrogen-bond acceptors (Lipinski definition) is 3. The molecule has 0 bridgehead atoms. The van der Waals surface area contributed by atoms with Crippen molar-refractivity contribution in [3.63, 3.8) is 0 Å². The first kappa shape index (κ1) is 13.0. The van der Waals surface area contributed by atoms with Crippen molar-refractivity contribution in [1.29, 1.82) is 0 Å². The van der Waals surface area contributed by atoms with Crippen molar-refractivity contribution in [1.82, 2.24) is 10.2 Å². The van der Waals surface area contributed by atoms with Gasteiger partial charge in [0.05, 0.1) is 5.56 Å². The van der Waals surface area contributed by atoms with Crippen LogP contribution in [0, 0.1) is 0 Å². The summed E-state index contributed by atoms with van der Waals surface area (Å²) in [7, 11) is 0. The second-order valence-corrected chi connectivity index (χ2v) is 4.94. The summed E-state index contributed by atoms with van der Waals surface area (Å²) in [6.07, 6.45) is 2.34. The molecule has 18 heavy (non-hydrogen) atoms. The van der Waals surface area contributed by atoms with E-state index in [0.717, 1.165) is 10.5 Å². The van der Waals surface area contributed by atoms with Crippen LogP contribution in [0.5, 0.6) is 0 Å². The van der Waals surface area contributed by atoms with E-state index in [-0.39, 0.29) is 11.8 Å². The maximum absolute atomic E-state index is 12.4. The smallest absolute Gasteiger partial charge is 0.255 e. The number of nitrogens with one attached hydrogen (secondary N) is 1. The Balaban J connectivity index is 2.17. The van der Waals surface area contributed by atoms with E-state index in [0.29, 0.717) is 26.1 Å². The summed E-state index contributed by atoms with van der Waals surface area (Å²) in [5.41, 5.74) is 0.722. The summed E-state index contributed by atoms with van der Waals surface area (Å²) in [5, 5.41) is 2.77. The van der Waals surface area contributed by atoms with Crippen LogP contribution in [-0.4, -0.2) is 42.6 Å². The van der Waals surface area contributed by atoms with Crippen LogP contribution in [0.3, 0.4) is 0 Å². The molecule has 0 radical (unpaired) electrons. The molecule has 96 valence electrons. The Morgan fingerprint density at radius 2 is 2.11 bits per heavy atom. The third kappa shape index (κ3) is 2.85. The summed E-state index contributed by atoms with van der Waals surface area (Å²) < 4.78 is 0. The Kier molecular flexibility index (Phi) is 4.25. The summed E-state index contributed by atoms with van der Waals surface area (Å²) >= 11 is 1.56. The molecule has 1 heterocycles. The van der Waals surface area contributed by atoms with E-state index in [9.17, 15) is 9.59 Å². The Hall–Kier alpha value is -1.49. The minimum atomic E-state index is 0.0106. The first-order chi connectivity index (χ1) is 8.72. The van der Waals surface area contributed by atoms with Crippen molar-refractivity contribution in [2.24, 2.45) is 0 Å². The highest BCUT2D eigenvalue weighted by Gasteiger charge is 2.21. The minimum absolute atomic E-state index is 0.0106. The van der Waals surface area contributed by atoms with Gasteiger partial charge in [0.2, 0.25) is 5.91 Å². The number of rotatable bonds is 2. The van der Waals surface area contributed by atoms with E-state index >= 15 is 0 Å². The largest absolute Gasteiger partial charge is 0.354 e. The van der Waals surface area contributed by atoms with Gasteiger partial charge >= 0.3 is 0 Å². The van der Waals surface area contributed by atoms with Crippen molar-refractivity contribution < 1.29 is 9.59 Å². The first-order valence-electron chi connectivity index (χ1n) is 5.91. The molecular weight excluding hydrogens is 248 g/mol. The third-order valence-corrected chi connectivity index (χ3v) is 3.73. The molecule has 4 nitrogen and oxygen atoms in total. The van der Waals surface area contributed by atoms with E-state index in [1.54, 1.807) is 16.7 Å². The molecule has 1 aromatic rings. The average Bonchev–Trinajstić information content (AvgIpc) is 2.62. The highest BCUT2D eigenvalue weighted by Crippen LogP contribution is 2.21. The molecule has 5 heteroatoms. The van der Waals surface area contributed by atoms with Gasteiger partial charge in [0.1, 0.15) is 0 Å². The summed E-state index contributed by atoms with van der Waals surface area (Å²) in [6, 6.07) is 7.58. The zero-order valence-electron chi connectivity index (χ0n) is 10.3.